The Hall–Kier alpha value is -3.46. The molecule has 218 valence electrons. The van der Waals surface area contributed by atoms with Crippen LogP contribution in [0.25, 0.3) is 0 Å². The Labute approximate surface area is 246 Å². The summed E-state index contributed by atoms with van der Waals surface area (Å²) in [6.45, 7) is 11.2. The number of aromatic nitrogens is 1. The van der Waals surface area contributed by atoms with Crippen molar-refractivity contribution in [2.24, 2.45) is 0 Å². The highest BCUT2D eigenvalue weighted by Gasteiger charge is 2.29. The second kappa shape index (κ2) is 13.9. The first-order valence-corrected chi connectivity index (χ1v) is 14.1. The predicted octanol–water partition coefficient (Wildman–Crippen LogP) is 6.69. The minimum absolute atomic E-state index is 0.0742. The number of halogens is 2. The number of aryl methyl sites for hydroxylation is 1. The van der Waals surface area contributed by atoms with Crippen LogP contribution in [-0.4, -0.2) is 60.4 Å². The van der Waals surface area contributed by atoms with Gasteiger partial charge in [-0.05, 0) is 69.1 Å². The SMILES string of the molecule is C=C(CN1CC[C@@H](c2cccc(OCc3ccc(Cl)cc3F)n2)C[C@H]1C)N(CCOC)c1cc(C(=O)O)ccc1C. The van der Waals surface area contributed by atoms with Gasteiger partial charge in [-0.15, -0.1) is 0 Å². The topological polar surface area (TPSA) is 75.1 Å². The number of methoxy groups -OCH3 is 1. The van der Waals surface area contributed by atoms with Gasteiger partial charge < -0.3 is 19.5 Å². The normalized spacial score (nSPS) is 17.3. The third-order valence-electron chi connectivity index (χ3n) is 7.60. The number of carboxylic acids is 1. The zero-order valence-electron chi connectivity index (χ0n) is 23.8. The lowest BCUT2D eigenvalue weighted by Gasteiger charge is -2.40. The monoisotopic (exact) mass is 581 g/mol. The number of nitrogens with zero attached hydrogens (tertiary/aromatic N) is 3. The molecule has 9 heteroatoms. The van der Waals surface area contributed by atoms with Crippen LogP contribution in [0, 0.1) is 12.7 Å². The zero-order chi connectivity index (χ0) is 29.5. The molecule has 2 atom stereocenters. The standard InChI is InChI=1S/C32H37ClFN3O4/c1-21-8-9-25(32(38)39)17-30(21)37(14-15-40-4)23(3)19-36-13-12-24(16-22(36)2)29-6-5-7-31(35-29)41-20-26-10-11-27(33)18-28(26)34/h5-11,17-18,22,24H,3,12-16,19-20H2,1-2,4H3,(H,38,39)/t22-,24-/m1/s1. The summed E-state index contributed by atoms with van der Waals surface area (Å²) in [5, 5.41) is 9.87. The fourth-order valence-corrected chi connectivity index (χ4v) is 5.40. The first-order chi connectivity index (χ1) is 19.7. The Morgan fingerprint density at radius 3 is 2.76 bits per heavy atom. The third-order valence-corrected chi connectivity index (χ3v) is 7.84. The molecule has 0 spiro atoms. The lowest BCUT2D eigenvalue weighted by Crippen LogP contribution is -2.43. The molecule has 0 radical (unpaired) electrons. The van der Waals surface area contributed by atoms with E-state index < -0.39 is 11.8 Å². The number of hydrogen-bond donors (Lipinski definition) is 1. The third kappa shape index (κ3) is 7.85. The summed E-state index contributed by atoms with van der Waals surface area (Å²) in [6.07, 6.45) is 1.84. The van der Waals surface area contributed by atoms with Gasteiger partial charge in [-0.25, -0.2) is 14.2 Å². The summed E-state index contributed by atoms with van der Waals surface area (Å²) < 4.78 is 25.3. The maximum Gasteiger partial charge on any atom is 0.335 e. The van der Waals surface area contributed by atoms with Gasteiger partial charge in [-0.1, -0.05) is 36.4 Å². The lowest BCUT2D eigenvalue weighted by atomic mass is 9.88. The number of pyridine rings is 1. The Morgan fingerprint density at radius 1 is 1.24 bits per heavy atom. The van der Waals surface area contributed by atoms with E-state index in [1.807, 2.05) is 25.1 Å². The average molecular weight is 582 g/mol. The fraction of sp³-hybridized carbons (Fsp3) is 0.375. The predicted molar refractivity (Wildman–Crippen MR) is 159 cm³/mol. The molecule has 7 nitrogen and oxygen atoms in total. The van der Waals surface area contributed by atoms with Gasteiger partial charge in [0.2, 0.25) is 5.88 Å². The molecule has 0 unspecified atom stereocenters. The number of aromatic carboxylic acids is 1. The van der Waals surface area contributed by atoms with Crippen molar-refractivity contribution in [3.8, 4) is 5.88 Å². The molecule has 0 bridgehead atoms. The molecule has 0 aliphatic carbocycles. The zero-order valence-corrected chi connectivity index (χ0v) is 24.5. The molecule has 1 aliphatic heterocycles. The number of likely N-dealkylation sites (tertiary alicyclic amines) is 1. The van der Waals surface area contributed by atoms with Crippen molar-refractivity contribution in [3.05, 3.63) is 100 Å². The van der Waals surface area contributed by atoms with Crippen LogP contribution < -0.4 is 9.64 Å². The first-order valence-electron chi connectivity index (χ1n) is 13.7. The van der Waals surface area contributed by atoms with Crippen LogP contribution in [0.5, 0.6) is 5.88 Å². The molecule has 0 amide bonds. The van der Waals surface area contributed by atoms with Crippen LogP contribution in [0.1, 0.15) is 52.9 Å². The number of anilines is 1. The van der Waals surface area contributed by atoms with Crippen molar-refractivity contribution in [2.45, 2.75) is 45.3 Å². The van der Waals surface area contributed by atoms with Crippen molar-refractivity contribution in [2.75, 3.05) is 38.3 Å². The van der Waals surface area contributed by atoms with Crippen LogP contribution in [0.4, 0.5) is 10.1 Å². The molecule has 4 rings (SSSR count). The number of hydrogen-bond acceptors (Lipinski definition) is 6. The Bertz CT molecular complexity index is 1380. The van der Waals surface area contributed by atoms with Crippen molar-refractivity contribution < 1.29 is 23.8 Å². The number of ether oxygens (including phenoxy) is 2. The molecule has 3 aromatic rings. The van der Waals surface area contributed by atoms with Gasteiger partial charge in [-0.3, -0.25) is 4.90 Å². The van der Waals surface area contributed by atoms with Gasteiger partial charge in [0.1, 0.15) is 12.4 Å². The van der Waals surface area contributed by atoms with Crippen molar-refractivity contribution >= 4 is 23.3 Å². The minimum Gasteiger partial charge on any atom is -0.478 e. The molecule has 2 heterocycles. The quantitative estimate of drug-likeness (QED) is 0.255. The maximum atomic E-state index is 14.1. The largest absolute Gasteiger partial charge is 0.478 e. The highest BCUT2D eigenvalue weighted by molar-refractivity contribution is 6.30. The number of rotatable bonds is 12. The molecular formula is C32H37ClFN3O4. The summed E-state index contributed by atoms with van der Waals surface area (Å²) >= 11 is 5.85. The van der Waals surface area contributed by atoms with Crippen LogP contribution in [0.2, 0.25) is 5.02 Å². The van der Waals surface area contributed by atoms with Crippen LogP contribution >= 0.6 is 11.6 Å². The second-order valence-corrected chi connectivity index (χ2v) is 10.9. The molecular weight excluding hydrogens is 545 g/mol. The smallest absolute Gasteiger partial charge is 0.335 e. The van der Waals surface area contributed by atoms with E-state index in [0.717, 1.165) is 42.0 Å². The molecule has 1 N–H and O–H groups in total. The summed E-state index contributed by atoms with van der Waals surface area (Å²) in [6, 6.07) is 15.7. The number of carboxylic acid groups (broad SMARTS) is 1. The first kappa shape index (κ1) is 30.5. The van der Waals surface area contributed by atoms with Gasteiger partial charge in [0.25, 0.3) is 0 Å². The number of benzene rings is 2. The molecule has 1 aliphatic rings. The molecule has 41 heavy (non-hydrogen) atoms. The Morgan fingerprint density at radius 2 is 2.05 bits per heavy atom. The molecule has 1 aromatic heterocycles. The summed E-state index contributed by atoms with van der Waals surface area (Å²) in [4.78, 5) is 20.8. The van der Waals surface area contributed by atoms with E-state index in [2.05, 4.69) is 23.3 Å². The number of piperidine rings is 1. The summed E-state index contributed by atoms with van der Waals surface area (Å²) in [5.74, 6) is -0.626. The summed E-state index contributed by atoms with van der Waals surface area (Å²) in [7, 11) is 1.65. The highest BCUT2D eigenvalue weighted by Crippen LogP contribution is 2.33. The van der Waals surface area contributed by atoms with Gasteiger partial charge in [0.05, 0.1) is 12.2 Å². The average Bonchev–Trinajstić information content (AvgIpc) is 2.94. The Kier molecular flexibility index (Phi) is 10.4. The molecule has 0 saturated carbocycles. The molecule has 1 fully saturated rings. The van der Waals surface area contributed by atoms with Crippen molar-refractivity contribution in [1.82, 2.24) is 9.88 Å². The van der Waals surface area contributed by atoms with Crippen molar-refractivity contribution in [3.63, 3.8) is 0 Å². The number of carbonyl (C=O) groups is 1. The molecule has 1 saturated heterocycles. The van der Waals surface area contributed by atoms with E-state index in [0.29, 0.717) is 36.2 Å². The van der Waals surface area contributed by atoms with E-state index in [1.165, 1.54) is 6.07 Å². The van der Waals surface area contributed by atoms with Gasteiger partial charge >= 0.3 is 5.97 Å². The van der Waals surface area contributed by atoms with Crippen LogP contribution in [-0.2, 0) is 11.3 Å². The maximum absolute atomic E-state index is 14.1. The van der Waals surface area contributed by atoms with E-state index in [9.17, 15) is 14.3 Å². The Balaban J connectivity index is 1.40. The van der Waals surface area contributed by atoms with Gasteiger partial charge in [-0.2, -0.15) is 0 Å². The van der Waals surface area contributed by atoms with Gasteiger partial charge in [0.15, 0.2) is 0 Å². The van der Waals surface area contributed by atoms with E-state index >= 15 is 0 Å². The minimum atomic E-state index is -0.959. The van der Waals surface area contributed by atoms with E-state index in [1.54, 1.807) is 37.4 Å². The summed E-state index contributed by atoms with van der Waals surface area (Å²) in [5.41, 5.74) is 4.33. The van der Waals surface area contributed by atoms with E-state index in [-0.39, 0.29) is 24.1 Å². The van der Waals surface area contributed by atoms with Crippen LogP contribution in [0.3, 0.4) is 0 Å². The fourth-order valence-electron chi connectivity index (χ4n) is 5.24. The second-order valence-electron chi connectivity index (χ2n) is 10.5. The van der Waals surface area contributed by atoms with Gasteiger partial charge in [0, 0.05) is 65.9 Å². The van der Waals surface area contributed by atoms with E-state index in [4.69, 9.17) is 26.1 Å². The lowest BCUT2D eigenvalue weighted by molar-refractivity contribution is 0.0697. The highest BCUT2D eigenvalue weighted by atomic mass is 35.5. The molecule has 2 aromatic carbocycles. The van der Waals surface area contributed by atoms with Crippen LogP contribution in [0.15, 0.2) is 66.9 Å². The van der Waals surface area contributed by atoms with Crippen molar-refractivity contribution in [1.29, 1.82) is 0 Å².